The molecule has 1 saturated heterocycles. The number of likely N-dealkylation sites (tertiary alicyclic amines) is 1. The van der Waals surface area contributed by atoms with Gasteiger partial charge in [0.2, 0.25) is 0 Å². The van der Waals surface area contributed by atoms with Gasteiger partial charge in [-0.05, 0) is 24.2 Å². The number of rotatable bonds is 2. The van der Waals surface area contributed by atoms with Crippen molar-refractivity contribution >= 4 is 12.0 Å². The summed E-state index contributed by atoms with van der Waals surface area (Å²) in [7, 11) is 0. The lowest BCUT2D eigenvalue weighted by molar-refractivity contribution is -0.142. The maximum Gasteiger partial charge on any atom is 0.317 e. The second-order valence-electron chi connectivity index (χ2n) is 7.06. The lowest BCUT2D eigenvalue weighted by atomic mass is 9.73. The van der Waals surface area contributed by atoms with E-state index in [1.165, 1.54) is 6.42 Å². The molecular formula is C15H26N2O3. The highest BCUT2D eigenvalue weighted by atomic mass is 16.4. The molecule has 1 heterocycles. The fourth-order valence-electron chi connectivity index (χ4n) is 3.46. The lowest BCUT2D eigenvalue weighted by Gasteiger charge is -2.39. The summed E-state index contributed by atoms with van der Waals surface area (Å²) in [5.41, 5.74) is 0.130. The van der Waals surface area contributed by atoms with Crippen LogP contribution in [0.25, 0.3) is 0 Å². The predicted molar refractivity (Wildman–Crippen MR) is 76.4 cm³/mol. The molecule has 5 heteroatoms. The van der Waals surface area contributed by atoms with Crippen molar-refractivity contribution in [3.8, 4) is 0 Å². The Morgan fingerprint density at radius 3 is 2.50 bits per heavy atom. The van der Waals surface area contributed by atoms with Crippen LogP contribution < -0.4 is 5.32 Å². The van der Waals surface area contributed by atoms with Crippen LogP contribution in [0.3, 0.4) is 0 Å². The Morgan fingerprint density at radius 1 is 1.25 bits per heavy atom. The van der Waals surface area contributed by atoms with E-state index in [4.69, 9.17) is 5.11 Å². The summed E-state index contributed by atoms with van der Waals surface area (Å²) in [6, 6.07) is 0.100. The number of aliphatic carboxylic acids is 1. The minimum Gasteiger partial charge on any atom is -0.481 e. The van der Waals surface area contributed by atoms with E-state index in [2.05, 4.69) is 19.2 Å². The maximum absolute atomic E-state index is 12.3. The van der Waals surface area contributed by atoms with Gasteiger partial charge in [-0.1, -0.05) is 33.6 Å². The average Bonchev–Trinajstić information content (AvgIpc) is 2.74. The third kappa shape index (κ3) is 3.07. The van der Waals surface area contributed by atoms with E-state index in [1.54, 1.807) is 4.90 Å². The Bertz CT molecular complexity index is 395. The molecule has 0 bridgehead atoms. The summed E-state index contributed by atoms with van der Waals surface area (Å²) < 4.78 is 0. The van der Waals surface area contributed by atoms with Gasteiger partial charge in [-0.2, -0.15) is 0 Å². The number of urea groups is 1. The van der Waals surface area contributed by atoms with Crippen molar-refractivity contribution in [2.24, 2.45) is 17.3 Å². The van der Waals surface area contributed by atoms with E-state index < -0.39 is 11.9 Å². The molecule has 3 atom stereocenters. The first-order valence-electron chi connectivity index (χ1n) is 7.59. The zero-order valence-electron chi connectivity index (χ0n) is 12.7. The largest absolute Gasteiger partial charge is 0.481 e. The third-order valence-corrected chi connectivity index (χ3v) is 5.02. The van der Waals surface area contributed by atoms with Crippen molar-refractivity contribution in [3.05, 3.63) is 0 Å². The number of hydrogen-bond acceptors (Lipinski definition) is 2. The van der Waals surface area contributed by atoms with Crippen molar-refractivity contribution < 1.29 is 14.7 Å². The number of carboxylic acid groups (broad SMARTS) is 1. The predicted octanol–water partition coefficient (Wildman–Crippen LogP) is 2.32. The summed E-state index contributed by atoms with van der Waals surface area (Å²) in [6.07, 6.45) is 4.53. The molecule has 0 aromatic carbocycles. The Morgan fingerprint density at radius 2 is 1.95 bits per heavy atom. The number of nitrogens with zero attached hydrogens (tertiary/aromatic N) is 1. The van der Waals surface area contributed by atoms with Gasteiger partial charge < -0.3 is 15.3 Å². The minimum atomic E-state index is -0.800. The molecule has 20 heavy (non-hydrogen) atoms. The highest BCUT2D eigenvalue weighted by Gasteiger charge is 2.39. The van der Waals surface area contributed by atoms with Gasteiger partial charge in [0.15, 0.2) is 0 Å². The van der Waals surface area contributed by atoms with Gasteiger partial charge in [-0.3, -0.25) is 4.79 Å². The Balaban J connectivity index is 1.94. The van der Waals surface area contributed by atoms with Crippen LogP contribution in [0.4, 0.5) is 4.79 Å². The van der Waals surface area contributed by atoms with Crippen molar-refractivity contribution in [1.82, 2.24) is 10.2 Å². The van der Waals surface area contributed by atoms with Crippen LogP contribution >= 0.6 is 0 Å². The highest BCUT2D eigenvalue weighted by molar-refractivity contribution is 5.78. The van der Waals surface area contributed by atoms with Crippen LogP contribution in [-0.4, -0.2) is 41.1 Å². The van der Waals surface area contributed by atoms with E-state index in [-0.39, 0.29) is 23.4 Å². The molecule has 0 aromatic heterocycles. The number of carbonyl (C=O) groups is 2. The maximum atomic E-state index is 12.3. The zero-order chi connectivity index (χ0) is 14.9. The second-order valence-corrected chi connectivity index (χ2v) is 7.06. The van der Waals surface area contributed by atoms with E-state index in [1.807, 2.05) is 6.92 Å². The van der Waals surface area contributed by atoms with Crippen LogP contribution in [-0.2, 0) is 4.79 Å². The first-order valence-corrected chi connectivity index (χ1v) is 7.59. The van der Waals surface area contributed by atoms with Crippen LogP contribution in [0.1, 0.15) is 46.5 Å². The van der Waals surface area contributed by atoms with E-state index in [0.29, 0.717) is 13.1 Å². The average molecular weight is 282 g/mol. The number of hydrogen-bond donors (Lipinski definition) is 2. The fraction of sp³-hybridized carbons (Fsp3) is 0.867. The standard InChI is InChI=1S/C15H26N2O3/c1-10-8-17(9-11(10)13(18)19)14(20)16-12-6-4-5-7-15(12,2)3/h10-12H,4-9H2,1-3H3,(H,16,20)(H,18,19)/t10-,11-,12?/m1/s1. The molecule has 1 unspecified atom stereocenters. The number of nitrogens with one attached hydrogen (secondary N) is 1. The third-order valence-electron chi connectivity index (χ3n) is 5.02. The first-order chi connectivity index (χ1) is 9.31. The van der Waals surface area contributed by atoms with Crippen molar-refractivity contribution in [2.45, 2.75) is 52.5 Å². The van der Waals surface area contributed by atoms with Crippen LogP contribution in [0, 0.1) is 17.3 Å². The fourth-order valence-corrected chi connectivity index (χ4v) is 3.46. The topological polar surface area (TPSA) is 69.6 Å². The SMILES string of the molecule is C[C@@H]1CN(C(=O)NC2CCCCC2(C)C)C[C@H]1C(=O)O. The summed E-state index contributed by atoms with van der Waals surface area (Å²) in [4.78, 5) is 25.1. The van der Waals surface area contributed by atoms with Crippen molar-refractivity contribution in [1.29, 1.82) is 0 Å². The summed E-state index contributed by atoms with van der Waals surface area (Å²) in [5.74, 6) is -1.21. The summed E-state index contributed by atoms with van der Waals surface area (Å²) in [6.45, 7) is 7.16. The Hall–Kier alpha value is -1.26. The van der Waals surface area contributed by atoms with Gasteiger partial charge in [0, 0.05) is 19.1 Å². The van der Waals surface area contributed by atoms with Crippen molar-refractivity contribution in [3.63, 3.8) is 0 Å². The molecule has 0 radical (unpaired) electrons. The van der Waals surface area contributed by atoms with Gasteiger partial charge in [-0.25, -0.2) is 4.79 Å². The molecule has 0 spiro atoms. The van der Waals surface area contributed by atoms with Gasteiger partial charge in [0.25, 0.3) is 0 Å². The molecule has 2 fully saturated rings. The molecule has 5 nitrogen and oxygen atoms in total. The smallest absolute Gasteiger partial charge is 0.317 e. The van der Waals surface area contributed by atoms with E-state index in [0.717, 1.165) is 19.3 Å². The number of carbonyl (C=O) groups excluding carboxylic acids is 1. The molecular weight excluding hydrogens is 256 g/mol. The second kappa shape index (κ2) is 5.62. The zero-order valence-corrected chi connectivity index (χ0v) is 12.7. The highest BCUT2D eigenvalue weighted by Crippen LogP contribution is 2.35. The van der Waals surface area contributed by atoms with Crippen LogP contribution in [0.15, 0.2) is 0 Å². The molecule has 2 N–H and O–H groups in total. The summed E-state index contributed by atoms with van der Waals surface area (Å²) in [5, 5.41) is 12.3. The summed E-state index contributed by atoms with van der Waals surface area (Å²) >= 11 is 0. The van der Waals surface area contributed by atoms with Gasteiger partial charge >= 0.3 is 12.0 Å². The Kier molecular flexibility index (Phi) is 4.25. The molecule has 2 amide bonds. The number of carboxylic acids is 1. The quantitative estimate of drug-likeness (QED) is 0.816. The normalized spacial score (nSPS) is 33.0. The van der Waals surface area contributed by atoms with Gasteiger partial charge in [0.1, 0.15) is 0 Å². The minimum absolute atomic E-state index is 0.0256. The molecule has 1 aliphatic heterocycles. The van der Waals surface area contributed by atoms with Gasteiger partial charge in [-0.15, -0.1) is 0 Å². The van der Waals surface area contributed by atoms with Crippen LogP contribution in [0.5, 0.6) is 0 Å². The molecule has 1 aliphatic carbocycles. The van der Waals surface area contributed by atoms with E-state index in [9.17, 15) is 9.59 Å². The molecule has 1 saturated carbocycles. The molecule has 114 valence electrons. The van der Waals surface area contributed by atoms with Crippen LogP contribution in [0.2, 0.25) is 0 Å². The first kappa shape index (κ1) is 15.1. The number of amides is 2. The Labute approximate surface area is 120 Å². The molecule has 2 aliphatic rings. The monoisotopic (exact) mass is 282 g/mol. The molecule has 2 rings (SSSR count). The van der Waals surface area contributed by atoms with E-state index >= 15 is 0 Å². The van der Waals surface area contributed by atoms with Gasteiger partial charge in [0.05, 0.1) is 5.92 Å². The molecule has 0 aromatic rings. The van der Waals surface area contributed by atoms with Crippen molar-refractivity contribution in [2.75, 3.05) is 13.1 Å². The lowest BCUT2D eigenvalue weighted by Crippen LogP contribution is -2.51.